The summed E-state index contributed by atoms with van der Waals surface area (Å²) in [5, 5.41) is 7.14. The van der Waals surface area contributed by atoms with Crippen LogP contribution in [0.4, 0.5) is 5.69 Å². The van der Waals surface area contributed by atoms with Crippen LogP contribution >= 0.6 is 0 Å². The summed E-state index contributed by atoms with van der Waals surface area (Å²) in [5.41, 5.74) is 2.68. The maximum absolute atomic E-state index is 4.45. The van der Waals surface area contributed by atoms with Crippen LogP contribution in [-0.2, 0) is 0 Å². The Bertz CT molecular complexity index is 648. The molecule has 0 bridgehead atoms. The van der Waals surface area contributed by atoms with Crippen molar-refractivity contribution in [3.8, 4) is 0 Å². The lowest BCUT2D eigenvalue weighted by Gasteiger charge is -2.22. The molecule has 1 aromatic carbocycles. The lowest BCUT2D eigenvalue weighted by atomic mass is 10.1. The van der Waals surface area contributed by atoms with Crippen molar-refractivity contribution in [2.24, 2.45) is 10.9 Å². The molecule has 2 heterocycles. The van der Waals surface area contributed by atoms with Crippen LogP contribution in [0.15, 0.2) is 29.3 Å². The second-order valence-electron chi connectivity index (χ2n) is 8.49. The second-order valence-corrected chi connectivity index (χ2v) is 8.49. The number of hydrogen-bond donors (Lipinski definition) is 2. The van der Waals surface area contributed by atoms with Crippen LogP contribution in [0.5, 0.6) is 0 Å². The molecule has 3 aliphatic rings. The van der Waals surface area contributed by atoms with Crippen LogP contribution in [0.2, 0.25) is 0 Å². The van der Waals surface area contributed by atoms with Gasteiger partial charge >= 0.3 is 0 Å². The summed E-state index contributed by atoms with van der Waals surface area (Å²) in [7, 11) is 1.87. The second kappa shape index (κ2) is 8.51. The normalized spacial score (nSPS) is 25.0. The highest BCUT2D eigenvalue weighted by Gasteiger charge is 2.34. The molecule has 0 spiro atoms. The van der Waals surface area contributed by atoms with E-state index in [0.29, 0.717) is 0 Å². The van der Waals surface area contributed by atoms with E-state index in [9.17, 15) is 0 Å². The summed E-state index contributed by atoms with van der Waals surface area (Å²) in [6.45, 7) is 8.15. The summed E-state index contributed by atoms with van der Waals surface area (Å²) in [6, 6.07) is 10.1. The van der Waals surface area contributed by atoms with Gasteiger partial charge in [-0.15, -0.1) is 0 Å². The molecule has 1 aromatic rings. The lowest BCUT2D eigenvalue weighted by molar-refractivity contribution is 0.314. The van der Waals surface area contributed by atoms with Crippen LogP contribution in [-0.4, -0.2) is 56.7 Å². The SMILES string of the molecule is CN=C(NCC1CCN(C2CC2)C1)NC(C)c1cccc(N2CCCC2)c1. The summed E-state index contributed by atoms with van der Waals surface area (Å²) in [6.07, 6.45) is 6.77. The largest absolute Gasteiger partial charge is 0.372 e. The number of likely N-dealkylation sites (tertiary alicyclic amines) is 1. The van der Waals surface area contributed by atoms with Gasteiger partial charge in [-0.25, -0.2) is 0 Å². The highest BCUT2D eigenvalue weighted by molar-refractivity contribution is 5.80. The first-order valence-electron chi connectivity index (χ1n) is 10.8. The first kappa shape index (κ1) is 18.6. The van der Waals surface area contributed by atoms with Gasteiger partial charge in [-0.3, -0.25) is 4.99 Å². The molecule has 27 heavy (non-hydrogen) atoms. The highest BCUT2D eigenvalue weighted by Crippen LogP contribution is 2.31. The summed E-state index contributed by atoms with van der Waals surface area (Å²) >= 11 is 0. The fourth-order valence-electron chi connectivity index (χ4n) is 4.49. The quantitative estimate of drug-likeness (QED) is 0.598. The van der Waals surface area contributed by atoms with E-state index in [2.05, 4.69) is 56.6 Å². The zero-order valence-electron chi connectivity index (χ0n) is 17.0. The number of rotatable bonds is 6. The van der Waals surface area contributed by atoms with E-state index in [1.807, 2.05) is 7.05 Å². The molecular weight excluding hydrogens is 334 g/mol. The van der Waals surface area contributed by atoms with Crippen molar-refractivity contribution in [3.63, 3.8) is 0 Å². The van der Waals surface area contributed by atoms with E-state index in [4.69, 9.17) is 0 Å². The zero-order valence-corrected chi connectivity index (χ0v) is 17.0. The third-order valence-corrected chi connectivity index (χ3v) is 6.36. The molecule has 2 unspecified atom stereocenters. The minimum atomic E-state index is 0.241. The van der Waals surface area contributed by atoms with Gasteiger partial charge in [-0.05, 0) is 69.2 Å². The minimum Gasteiger partial charge on any atom is -0.372 e. The van der Waals surface area contributed by atoms with E-state index in [0.717, 1.165) is 24.5 Å². The Labute approximate surface area is 164 Å². The van der Waals surface area contributed by atoms with Gasteiger partial charge in [0.05, 0.1) is 6.04 Å². The van der Waals surface area contributed by atoms with Crippen LogP contribution < -0.4 is 15.5 Å². The van der Waals surface area contributed by atoms with Crippen LogP contribution in [0.25, 0.3) is 0 Å². The molecule has 2 aliphatic heterocycles. The van der Waals surface area contributed by atoms with Crippen molar-refractivity contribution < 1.29 is 0 Å². The Balaban J connectivity index is 1.28. The first-order valence-corrected chi connectivity index (χ1v) is 10.8. The maximum atomic E-state index is 4.45. The smallest absolute Gasteiger partial charge is 0.191 e. The lowest BCUT2D eigenvalue weighted by Crippen LogP contribution is -2.41. The number of nitrogens with one attached hydrogen (secondary N) is 2. The average molecular weight is 370 g/mol. The predicted molar refractivity (Wildman–Crippen MR) is 114 cm³/mol. The summed E-state index contributed by atoms with van der Waals surface area (Å²) in [4.78, 5) is 9.62. The van der Waals surface area contributed by atoms with Crippen molar-refractivity contribution in [2.45, 2.75) is 51.1 Å². The van der Waals surface area contributed by atoms with E-state index in [1.54, 1.807) is 0 Å². The van der Waals surface area contributed by atoms with Crippen molar-refractivity contribution >= 4 is 11.6 Å². The van der Waals surface area contributed by atoms with Crippen LogP contribution in [0.3, 0.4) is 0 Å². The van der Waals surface area contributed by atoms with Gasteiger partial charge in [0, 0.05) is 45.0 Å². The molecule has 0 radical (unpaired) electrons. The van der Waals surface area contributed by atoms with Crippen molar-refractivity contribution in [1.82, 2.24) is 15.5 Å². The fourth-order valence-corrected chi connectivity index (χ4v) is 4.49. The number of anilines is 1. The predicted octanol–water partition coefficient (Wildman–Crippen LogP) is 3.00. The molecule has 5 nitrogen and oxygen atoms in total. The Kier molecular flexibility index (Phi) is 5.86. The van der Waals surface area contributed by atoms with Crippen LogP contribution in [0.1, 0.15) is 50.6 Å². The molecule has 1 saturated carbocycles. The molecule has 148 valence electrons. The van der Waals surface area contributed by atoms with E-state index in [-0.39, 0.29) is 6.04 Å². The van der Waals surface area contributed by atoms with Gasteiger partial charge < -0.3 is 20.4 Å². The molecule has 4 rings (SSSR count). The molecule has 2 N–H and O–H groups in total. The maximum Gasteiger partial charge on any atom is 0.191 e. The van der Waals surface area contributed by atoms with Gasteiger partial charge in [0.2, 0.25) is 0 Å². The minimum absolute atomic E-state index is 0.241. The number of hydrogen-bond acceptors (Lipinski definition) is 3. The number of aliphatic imine (C=N–C) groups is 1. The molecule has 1 aliphatic carbocycles. The van der Waals surface area contributed by atoms with Gasteiger partial charge in [0.25, 0.3) is 0 Å². The number of guanidine groups is 1. The molecule has 2 atom stereocenters. The number of nitrogens with zero attached hydrogens (tertiary/aromatic N) is 3. The molecule has 2 saturated heterocycles. The standard InChI is InChI=1S/C22H35N5/c1-17(19-6-5-7-21(14-19)26-11-3-4-12-26)25-22(23-2)24-15-18-10-13-27(16-18)20-8-9-20/h5-7,14,17-18,20H,3-4,8-13,15-16H2,1-2H3,(H2,23,24,25). The monoisotopic (exact) mass is 369 g/mol. The summed E-state index contributed by atoms with van der Waals surface area (Å²) in [5.74, 6) is 1.66. The van der Waals surface area contributed by atoms with E-state index < -0.39 is 0 Å². The van der Waals surface area contributed by atoms with Gasteiger partial charge in [-0.2, -0.15) is 0 Å². The van der Waals surface area contributed by atoms with Crippen molar-refractivity contribution in [3.05, 3.63) is 29.8 Å². The Hall–Kier alpha value is -1.75. The topological polar surface area (TPSA) is 42.9 Å². The van der Waals surface area contributed by atoms with Crippen molar-refractivity contribution in [2.75, 3.05) is 44.7 Å². The number of benzene rings is 1. The third kappa shape index (κ3) is 4.75. The average Bonchev–Trinajstić information content (AvgIpc) is 3.20. The van der Waals surface area contributed by atoms with Crippen molar-refractivity contribution in [1.29, 1.82) is 0 Å². The van der Waals surface area contributed by atoms with Gasteiger partial charge in [0.1, 0.15) is 0 Å². The molecular formula is C22H35N5. The Morgan fingerprint density at radius 2 is 2.00 bits per heavy atom. The molecule has 5 heteroatoms. The third-order valence-electron chi connectivity index (χ3n) is 6.36. The van der Waals surface area contributed by atoms with E-state index in [1.165, 1.54) is 69.5 Å². The van der Waals surface area contributed by atoms with Gasteiger partial charge in [0.15, 0.2) is 5.96 Å². The Morgan fingerprint density at radius 1 is 1.19 bits per heavy atom. The van der Waals surface area contributed by atoms with Gasteiger partial charge in [-0.1, -0.05) is 12.1 Å². The highest BCUT2D eigenvalue weighted by atomic mass is 15.2. The summed E-state index contributed by atoms with van der Waals surface area (Å²) < 4.78 is 0. The molecule has 0 amide bonds. The van der Waals surface area contributed by atoms with E-state index >= 15 is 0 Å². The van der Waals surface area contributed by atoms with Crippen LogP contribution in [0, 0.1) is 5.92 Å². The molecule has 0 aromatic heterocycles. The fraction of sp³-hybridized carbons (Fsp3) is 0.682. The zero-order chi connectivity index (χ0) is 18.6. The Morgan fingerprint density at radius 3 is 2.74 bits per heavy atom. The first-order chi connectivity index (χ1) is 13.2. The molecule has 3 fully saturated rings.